The van der Waals surface area contributed by atoms with Gasteiger partial charge in [-0.1, -0.05) is 62.3 Å². The summed E-state index contributed by atoms with van der Waals surface area (Å²) >= 11 is 0. The van der Waals surface area contributed by atoms with Crippen LogP contribution in [0.4, 0.5) is 0 Å². The normalized spacial score (nSPS) is 17.3. The number of nitrogens with zero attached hydrogens (tertiary/aromatic N) is 3. The molecule has 3 aromatic rings. The maximum atomic E-state index is 13.0. The first-order chi connectivity index (χ1) is 17.7. The number of ether oxygens (including phenoxy) is 2. The first-order valence-corrected chi connectivity index (χ1v) is 12.9. The van der Waals surface area contributed by atoms with E-state index < -0.39 is 0 Å². The van der Waals surface area contributed by atoms with Gasteiger partial charge in [-0.2, -0.15) is 4.98 Å². The van der Waals surface area contributed by atoms with Crippen LogP contribution in [-0.2, 0) is 16.8 Å². The lowest BCUT2D eigenvalue weighted by atomic mass is 9.87. The number of amides is 1. The fourth-order valence-electron chi connectivity index (χ4n) is 4.52. The van der Waals surface area contributed by atoms with Gasteiger partial charge in [0.25, 0.3) is 0 Å². The third-order valence-electron chi connectivity index (χ3n) is 6.66. The van der Waals surface area contributed by atoms with Crippen molar-refractivity contribution in [1.82, 2.24) is 20.4 Å². The molecular formula is C29H38N4O4. The predicted molar refractivity (Wildman–Crippen MR) is 143 cm³/mol. The van der Waals surface area contributed by atoms with Gasteiger partial charge in [-0.15, -0.1) is 0 Å². The first-order valence-electron chi connectivity index (χ1n) is 12.9. The Labute approximate surface area is 219 Å². The standard InChI is InChI=1S/C29H38N4O4/c1-20(19-36-25-11-7-6-10-24(25)35-5)30-28(34)22-9-8-16-33(17-22)18-26-31-27(32-37-26)21-12-14-23(15-13-21)29(2,3)4/h6-7,10-15,20,22H,8-9,16-19H2,1-5H3,(H,30,34). The number of methoxy groups -OCH3 is 1. The third kappa shape index (κ3) is 7.10. The van der Waals surface area contributed by atoms with Gasteiger partial charge in [0.2, 0.25) is 17.6 Å². The van der Waals surface area contributed by atoms with Crippen LogP contribution in [0.15, 0.2) is 53.1 Å². The second kappa shape index (κ2) is 11.8. The smallest absolute Gasteiger partial charge is 0.241 e. The molecule has 2 aromatic carbocycles. The van der Waals surface area contributed by atoms with Crippen molar-refractivity contribution in [2.75, 3.05) is 26.8 Å². The average molecular weight is 507 g/mol. The quantitative estimate of drug-likeness (QED) is 0.444. The van der Waals surface area contributed by atoms with Crippen LogP contribution in [0.2, 0.25) is 0 Å². The Morgan fingerprint density at radius 2 is 1.89 bits per heavy atom. The highest BCUT2D eigenvalue weighted by Gasteiger charge is 2.28. The molecule has 1 saturated heterocycles. The van der Waals surface area contributed by atoms with Crippen LogP contribution in [0.3, 0.4) is 0 Å². The zero-order valence-corrected chi connectivity index (χ0v) is 22.5. The lowest BCUT2D eigenvalue weighted by Crippen LogP contribution is -2.46. The molecule has 8 nitrogen and oxygen atoms in total. The molecule has 198 valence electrons. The van der Waals surface area contributed by atoms with Crippen molar-refractivity contribution < 1.29 is 18.8 Å². The molecule has 1 N–H and O–H groups in total. The molecule has 2 unspecified atom stereocenters. The maximum absolute atomic E-state index is 13.0. The van der Waals surface area contributed by atoms with E-state index >= 15 is 0 Å². The molecule has 1 fully saturated rings. The number of carbonyl (C=O) groups excluding carboxylic acids is 1. The van der Waals surface area contributed by atoms with Crippen molar-refractivity contribution in [3.05, 3.63) is 60.0 Å². The fourth-order valence-corrected chi connectivity index (χ4v) is 4.52. The number of benzene rings is 2. The van der Waals surface area contributed by atoms with E-state index in [2.05, 4.69) is 53.3 Å². The number of rotatable bonds is 9. The molecule has 0 radical (unpaired) electrons. The molecule has 1 amide bonds. The van der Waals surface area contributed by atoms with Crippen LogP contribution in [-0.4, -0.2) is 53.8 Å². The van der Waals surface area contributed by atoms with Gasteiger partial charge >= 0.3 is 0 Å². The zero-order chi connectivity index (χ0) is 26.4. The van der Waals surface area contributed by atoms with Gasteiger partial charge in [0.15, 0.2) is 11.5 Å². The van der Waals surface area contributed by atoms with Crippen molar-refractivity contribution in [2.24, 2.45) is 5.92 Å². The molecule has 4 rings (SSSR count). The van der Waals surface area contributed by atoms with Crippen molar-refractivity contribution in [3.8, 4) is 22.9 Å². The SMILES string of the molecule is COc1ccccc1OCC(C)NC(=O)C1CCCN(Cc2nc(-c3ccc(C(C)(C)C)cc3)no2)C1. The van der Waals surface area contributed by atoms with Gasteiger partial charge in [-0.3, -0.25) is 9.69 Å². The van der Waals surface area contributed by atoms with Crippen LogP contribution in [0.25, 0.3) is 11.4 Å². The Morgan fingerprint density at radius 3 is 2.59 bits per heavy atom. The van der Waals surface area contributed by atoms with Crippen molar-refractivity contribution in [2.45, 2.75) is 58.5 Å². The van der Waals surface area contributed by atoms with Gasteiger partial charge < -0.3 is 19.3 Å². The molecule has 0 saturated carbocycles. The summed E-state index contributed by atoms with van der Waals surface area (Å²) in [6, 6.07) is 15.7. The highest BCUT2D eigenvalue weighted by atomic mass is 16.5. The summed E-state index contributed by atoms with van der Waals surface area (Å²) in [6.07, 6.45) is 1.80. The zero-order valence-electron chi connectivity index (χ0n) is 22.5. The molecule has 0 spiro atoms. The second-order valence-electron chi connectivity index (χ2n) is 10.8. The summed E-state index contributed by atoms with van der Waals surface area (Å²) in [5, 5.41) is 7.28. The van der Waals surface area contributed by atoms with E-state index in [4.69, 9.17) is 14.0 Å². The molecule has 8 heteroatoms. The van der Waals surface area contributed by atoms with E-state index in [1.165, 1.54) is 5.56 Å². The number of aromatic nitrogens is 2. The van der Waals surface area contributed by atoms with E-state index in [1.807, 2.05) is 43.3 Å². The molecule has 0 bridgehead atoms. The number of nitrogens with one attached hydrogen (secondary N) is 1. The number of likely N-dealkylation sites (tertiary alicyclic amines) is 1. The van der Waals surface area contributed by atoms with Crippen LogP contribution < -0.4 is 14.8 Å². The lowest BCUT2D eigenvalue weighted by Gasteiger charge is -2.31. The molecule has 2 heterocycles. The Morgan fingerprint density at radius 1 is 1.16 bits per heavy atom. The highest BCUT2D eigenvalue weighted by molar-refractivity contribution is 5.79. The predicted octanol–water partition coefficient (Wildman–Crippen LogP) is 4.84. The second-order valence-corrected chi connectivity index (χ2v) is 10.8. The minimum Gasteiger partial charge on any atom is -0.493 e. The van der Waals surface area contributed by atoms with E-state index in [0.717, 1.165) is 24.9 Å². The van der Waals surface area contributed by atoms with Gasteiger partial charge in [0, 0.05) is 12.1 Å². The van der Waals surface area contributed by atoms with E-state index in [9.17, 15) is 4.79 Å². The average Bonchev–Trinajstić information content (AvgIpc) is 3.35. The van der Waals surface area contributed by atoms with Crippen LogP contribution in [0.1, 0.15) is 52.0 Å². The summed E-state index contributed by atoms with van der Waals surface area (Å²) in [6.45, 7) is 11.0. The molecular weight excluding hydrogens is 468 g/mol. The summed E-state index contributed by atoms with van der Waals surface area (Å²) in [4.78, 5) is 19.8. The molecule has 37 heavy (non-hydrogen) atoms. The minimum absolute atomic E-state index is 0.0472. The maximum Gasteiger partial charge on any atom is 0.241 e. The van der Waals surface area contributed by atoms with Gasteiger partial charge in [-0.05, 0) is 49.4 Å². The summed E-state index contributed by atoms with van der Waals surface area (Å²) in [5.74, 6) is 2.45. The van der Waals surface area contributed by atoms with E-state index in [0.29, 0.717) is 42.9 Å². The molecule has 1 aliphatic rings. The number of hydrogen-bond acceptors (Lipinski definition) is 7. The molecule has 2 atom stereocenters. The number of carbonyl (C=O) groups is 1. The fraction of sp³-hybridized carbons (Fsp3) is 0.483. The first kappa shape index (κ1) is 26.7. The van der Waals surface area contributed by atoms with Crippen LogP contribution in [0, 0.1) is 5.92 Å². The summed E-state index contributed by atoms with van der Waals surface area (Å²) < 4.78 is 16.7. The van der Waals surface area contributed by atoms with E-state index in [-0.39, 0.29) is 23.3 Å². The van der Waals surface area contributed by atoms with E-state index in [1.54, 1.807) is 7.11 Å². The van der Waals surface area contributed by atoms with Crippen LogP contribution >= 0.6 is 0 Å². The van der Waals surface area contributed by atoms with Crippen molar-refractivity contribution in [1.29, 1.82) is 0 Å². The Hall–Kier alpha value is -3.39. The Bertz CT molecular complexity index is 1170. The topological polar surface area (TPSA) is 89.7 Å². The van der Waals surface area contributed by atoms with Gasteiger partial charge in [-0.25, -0.2) is 0 Å². The van der Waals surface area contributed by atoms with Crippen molar-refractivity contribution in [3.63, 3.8) is 0 Å². The van der Waals surface area contributed by atoms with Crippen molar-refractivity contribution >= 4 is 5.91 Å². The largest absolute Gasteiger partial charge is 0.493 e. The third-order valence-corrected chi connectivity index (χ3v) is 6.66. The molecule has 1 aromatic heterocycles. The highest BCUT2D eigenvalue weighted by Crippen LogP contribution is 2.27. The van der Waals surface area contributed by atoms with Crippen LogP contribution in [0.5, 0.6) is 11.5 Å². The Balaban J connectivity index is 1.28. The van der Waals surface area contributed by atoms with Gasteiger partial charge in [0.05, 0.1) is 25.6 Å². The number of para-hydroxylation sites is 2. The Kier molecular flexibility index (Phi) is 8.48. The number of piperidine rings is 1. The lowest BCUT2D eigenvalue weighted by molar-refractivity contribution is -0.127. The van der Waals surface area contributed by atoms with Gasteiger partial charge in [0.1, 0.15) is 6.61 Å². The monoisotopic (exact) mass is 506 g/mol. The summed E-state index contributed by atoms with van der Waals surface area (Å²) in [7, 11) is 1.61. The number of hydrogen-bond donors (Lipinski definition) is 1. The summed E-state index contributed by atoms with van der Waals surface area (Å²) in [5.41, 5.74) is 2.29. The molecule has 0 aliphatic carbocycles. The minimum atomic E-state index is -0.129. The molecule has 1 aliphatic heterocycles.